The second kappa shape index (κ2) is 5.94. The van der Waals surface area contributed by atoms with Gasteiger partial charge in [-0.25, -0.2) is 0 Å². The molecule has 1 aliphatic heterocycles. The molecule has 3 heteroatoms. The highest BCUT2D eigenvalue weighted by atomic mass is 32.2. The molecular weight excluding hydrogens is 230 g/mol. The maximum absolute atomic E-state index is 10.6. The van der Waals surface area contributed by atoms with E-state index < -0.39 is 5.60 Å². The maximum Gasteiger partial charge on any atom is 0.0771 e. The van der Waals surface area contributed by atoms with Crippen LogP contribution in [0.15, 0.2) is 0 Å². The molecular formula is C14H27NOS. The third-order valence-electron chi connectivity index (χ3n) is 4.68. The molecule has 2 unspecified atom stereocenters. The number of hydrogen-bond acceptors (Lipinski definition) is 3. The summed E-state index contributed by atoms with van der Waals surface area (Å²) >= 11 is 2.05. The SMILES string of the molecule is CCC1CCC(O)(CNC2CCSC2C)CC1. The molecule has 0 aromatic heterocycles. The van der Waals surface area contributed by atoms with Crippen molar-refractivity contribution >= 4 is 11.8 Å². The summed E-state index contributed by atoms with van der Waals surface area (Å²) in [6.45, 7) is 5.37. The second-order valence-electron chi connectivity index (χ2n) is 5.93. The van der Waals surface area contributed by atoms with Gasteiger partial charge < -0.3 is 10.4 Å². The Morgan fingerprint density at radius 3 is 2.53 bits per heavy atom. The number of aliphatic hydroxyl groups is 1. The summed E-state index contributed by atoms with van der Waals surface area (Å²) in [5, 5.41) is 14.9. The molecule has 2 rings (SSSR count). The summed E-state index contributed by atoms with van der Waals surface area (Å²) < 4.78 is 0. The molecule has 1 saturated carbocycles. The lowest BCUT2D eigenvalue weighted by atomic mass is 9.77. The van der Waals surface area contributed by atoms with Gasteiger partial charge in [-0.05, 0) is 43.8 Å². The molecule has 0 radical (unpaired) electrons. The highest BCUT2D eigenvalue weighted by Crippen LogP contribution is 2.34. The first-order valence-corrected chi connectivity index (χ1v) is 8.25. The molecule has 0 aromatic carbocycles. The van der Waals surface area contributed by atoms with Gasteiger partial charge in [-0.3, -0.25) is 0 Å². The normalized spacial score (nSPS) is 42.9. The molecule has 1 saturated heterocycles. The molecule has 1 heterocycles. The highest BCUT2D eigenvalue weighted by Gasteiger charge is 2.34. The van der Waals surface area contributed by atoms with Crippen molar-refractivity contribution in [1.82, 2.24) is 5.32 Å². The van der Waals surface area contributed by atoms with Crippen LogP contribution in [0.2, 0.25) is 0 Å². The smallest absolute Gasteiger partial charge is 0.0771 e. The summed E-state index contributed by atoms with van der Waals surface area (Å²) in [5.41, 5.74) is -0.418. The van der Waals surface area contributed by atoms with Crippen LogP contribution in [0.1, 0.15) is 52.4 Å². The fraction of sp³-hybridized carbons (Fsp3) is 1.00. The van der Waals surface area contributed by atoms with Crippen molar-refractivity contribution in [3.63, 3.8) is 0 Å². The van der Waals surface area contributed by atoms with Gasteiger partial charge in [0.15, 0.2) is 0 Å². The van der Waals surface area contributed by atoms with Crippen LogP contribution in [-0.4, -0.2) is 34.3 Å². The first-order valence-electron chi connectivity index (χ1n) is 7.20. The van der Waals surface area contributed by atoms with Gasteiger partial charge in [-0.15, -0.1) is 0 Å². The van der Waals surface area contributed by atoms with E-state index in [0.717, 1.165) is 25.3 Å². The summed E-state index contributed by atoms with van der Waals surface area (Å²) in [4.78, 5) is 0. The largest absolute Gasteiger partial charge is 0.389 e. The summed E-state index contributed by atoms with van der Waals surface area (Å²) in [7, 11) is 0. The minimum Gasteiger partial charge on any atom is -0.389 e. The van der Waals surface area contributed by atoms with Gasteiger partial charge in [0.1, 0.15) is 0 Å². The number of nitrogens with one attached hydrogen (secondary N) is 1. The Balaban J connectivity index is 1.74. The Morgan fingerprint density at radius 2 is 2.00 bits per heavy atom. The Kier molecular flexibility index (Phi) is 4.79. The Hall–Kier alpha value is 0.270. The molecule has 2 nitrogen and oxygen atoms in total. The second-order valence-corrected chi connectivity index (χ2v) is 7.41. The van der Waals surface area contributed by atoms with Crippen molar-refractivity contribution in [3.8, 4) is 0 Å². The molecule has 2 aliphatic rings. The fourth-order valence-corrected chi connectivity index (χ4v) is 4.35. The third kappa shape index (κ3) is 3.62. The average molecular weight is 257 g/mol. The van der Waals surface area contributed by atoms with Gasteiger partial charge in [0.25, 0.3) is 0 Å². The van der Waals surface area contributed by atoms with Crippen molar-refractivity contribution < 1.29 is 5.11 Å². The van der Waals surface area contributed by atoms with E-state index in [0.29, 0.717) is 11.3 Å². The van der Waals surface area contributed by atoms with E-state index in [1.165, 1.54) is 31.4 Å². The predicted molar refractivity (Wildman–Crippen MR) is 75.5 cm³/mol. The first-order chi connectivity index (χ1) is 8.13. The summed E-state index contributed by atoms with van der Waals surface area (Å²) in [6.07, 6.45) is 6.95. The minimum absolute atomic E-state index is 0.418. The van der Waals surface area contributed by atoms with Gasteiger partial charge in [0, 0.05) is 17.8 Å². The van der Waals surface area contributed by atoms with Crippen LogP contribution in [0.3, 0.4) is 0 Å². The Labute approximate surface area is 110 Å². The lowest BCUT2D eigenvalue weighted by Gasteiger charge is -2.37. The van der Waals surface area contributed by atoms with Crippen molar-refractivity contribution in [3.05, 3.63) is 0 Å². The first kappa shape index (κ1) is 13.7. The Morgan fingerprint density at radius 1 is 1.29 bits per heavy atom. The van der Waals surface area contributed by atoms with Gasteiger partial charge in [0.2, 0.25) is 0 Å². The zero-order valence-corrected chi connectivity index (χ0v) is 12.1. The van der Waals surface area contributed by atoms with Crippen LogP contribution in [0.5, 0.6) is 0 Å². The minimum atomic E-state index is -0.418. The molecule has 0 spiro atoms. The van der Waals surface area contributed by atoms with Crippen molar-refractivity contribution in [2.45, 2.75) is 69.3 Å². The van der Waals surface area contributed by atoms with E-state index in [1.54, 1.807) is 0 Å². The van der Waals surface area contributed by atoms with E-state index in [2.05, 4.69) is 30.9 Å². The topological polar surface area (TPSA) is 32.3 Å². The standard InChI is InChI=1S/C14H27NOS/c1-3-12-4-7-14(16,8-5-12)10-15-13-6-9-17-11(13)2/h11-13,15-16H,3-10H2,1-2H3. The van der Waals surface area contributed by atoms with Crippen molar-refractivity contribution in [1.29, 1.82) is 0 Å². The zero-order chi connectivity index (χ0) is 12.3. The van der Waals surface area contributed by atoms with Crippen LogP contribution in [0, 0.1) is 5.92 Å². The molecule has 0 amide bonds. The molecule has 2 atom stereocenters. The Bertz CT molecular complexity index is 238. The number of rotatable bonds is 4. The molecule has 2 fully saturated rings. The monoisotopic (exact) mass is 257 g/mol. The van der Waals surface area contributed by atoms with E-state index in [4.69, 9.17) is 0 Å². The van der Waals surface area contributed by atoms with Crippen molar-refractivity contribution in [2.75, 3.05) is 12.3 Å². The molecule has 1 aliphatic carbocycles. The van der Waals surface area contributed by atoms with Crippen LogP contribution < -0.4 is 5.32 Å². The summed E-state index contributed by atoms with van der Waals surface area (Å²) in [6, 6.07) is 0.618. The predicted octanol–water partition coefficient (Wildman–Crippen LogP) is 2.80. The average Bonchev–Trinajstić information content (AvgIpc) is 2.74. The molecule has 2 N–H and O–H groups in total. The van der Waals surface area contributed by atoms with Crippen LogP contribution in [-0.2, 0) is 0 Å². The van der Waals surface area contributed by atoms with Crippen LogP contribution in [0.4, 0.5) is 0 Å². The summed E-state index contributed by atoms with van der Waals surface area (Å²) in [5.74, 6) is 2.13. The fourth-order valence-electron chi connectivity index (χ4n) is 3.12. The lowest BCUT2D eigenvalue weighted by Crippen LogP contribution is -2.47. The zero-order valence-electron chi connectivity index (χ0n) is 11.2. The van der Waals surface area contributed by atoms with E-state index >= 15 is 0 Å². The van der Waals surface area contributed by atoms with Gasteiger partial charge in [-0.1, -0.05) is 20.3 Å². The van der Waals surface area contributed by atoms with Crippen LogP contribution >= 0.6 is 11.8 Å². The maximum atomic E-state index is 10.6. The lowest BCUT2D eigenvalue weighted by molar-refractivity contribution is -0.0105. The van der Waals surface area contributed by atoms with E-state index in [1.807, 2.05) is 0 Å². The molecule has 17 heavy (non-hydrogen) atoms. The third-order valence-corrected chi connectivity index (χ3v) is 6.01. The quantitative estimate of drug-likeness (QED) is 0.812. The number of thioether (sulfide) groups is 1. The molecule has 0 bridgehead atoms. The molecule has 100 valence electrons. The molecule has 0 aromatic rings. The van der Waals surface area contributed by atoms with Gasteiger partial charge in [0.05, 0.1) is 5.60 Å². The number of hydrogen-bond donors (Lipinski definition) is 2. The van der Waals surface area contributed by atoms with Crippen LogP contribution in [0.25, 0.3) is 0 Å². The highest BCUT2D eigenvalue weighted by molar-refractivity contribution is 8.00. The van der Waals surface area contributed by atoms with Crippen molar-refractivity contribution in [2.24, 2.45) is 5.92 Å². The van der Waals surface area contributed by atoms with Gasteiger partial charge >= 0.3 is 0 Å². The van der Waals surface area contributed by atoms with Gasteiger partial charge in [-0.2, -0.15) is 11.8 Å². The van der Waals surface area contributed by atoms with E-state index in [9.17, 15) is 5.11 Å². The van der Waals surface area contributed by atoms with E-state index in [-0.39, 0.29) is 0 Å².